The first-order valence-corrected chi connectivity index (χ1v) is 7.42. The number of carboxylic acid groups (broad SMARTS) is 2. The molecule has 0 amide bonds. The van der Waals surface area contributed by atoms with Gasteiger partial charge in [0.05, 0.1) is 11.7 Å². The van der Waals surface area contributed by atoms with E-state index >= 15 is 0 Å². The third-order valence-electron chi connectivity index (χ3n) is 2.72. The fourth-order valence-electron chi connectivity index (χ4n) is 1.56. The third kappa shape index (κ3) is 8.45. The number of nitrogens with one attached hydrogen (secondary N) is 5. The first-order chi connectivity index (χ1) is 13.6. The molecule has 0 radical (unpaired) electrons. The number of carbonyl (C=O) groups is 2. The summed E-state index contributed by atoms with van der Waals surface area (Å²) in [4.78, 5) is 72.3. The van der Waals surface area contributed by atoms with Gasteiger partial charge in [-0.25, -0.2) is 19.4 Å². The summed E-state index contributed by atoms with van der Waals surface area (Å²) >= 11 is 0. The van der Waals surface area contributed by atoms with Crippen molar-refractivity contribution in [3.05, 3.63) is 89.7 Å². The van der Waals surface area contributed by atoms with E-state index in [1.54, 1.807) is 24.5 Å². The van der Waals surface area contributed by atoms with Crippen LogP contribution in [0.25, 0.3) is 0 Å². The second-order valence-electron chi connectivity index (χ2n) is 4.93. The van der Waals surface area contributed by atoms with Gasteiger partial charge < -0.3 is 30.7 Å². The van der Waals surface area contributed by atoms with E-state index in [-0.39, 0.29) is 0 Å². The molecule has 14 nitrogen and oxygen atoms in total. The van der Waals surface area contributed by atoms with Gasteiger partial charge in [-0.15, -0.1) is 0 Å². The standard InChI is InChI=1S/2C5H4N2O4.C5H6N2/c2*8-3-1-2(4(9)10)6-5(11)7-3;6-5-1-3-7-4-2-5/h2*1H,(H,9,10)(H2,6,7,8,11);1-4H,(H2,6,7). The van der Waals surface area contributed by atoms with Crippen LogP contribution in [0.1, 0.15) is 21.0 Å². The molecule has 0 spiro atoms. The van der Waals surface area contributed by atoms with Gasteiger partial charge in [-0.2, -0.15) is 0 Å². The van der Waals surface area contributed by atoms with Crippen molar-refractivity contribution in [2.24, 2.45) is 0 Å². The number of carboxylic acids is 2. The van der Waals surface area contributed by atoms with Gasteiger partial charge in [0.25, 0.3) is 11.1 Å². The maximum atomic E-state index is 10.5. The smallest absolute Gasteiger partial charge is 0.352 e. The molecule has 8 N–H and O–H groups in total. The largest absolute Gasteiger partial charge is 0.543 e. The molecular weight excluding hydrogens is 392 g/mol. The van der Waals surface area contributed by atoms with Crippen LogP contribution in [0, 0.1) is 0 Å². The average molecular weight is 406 g/mol. The van der Waals surface area contributed by atoms with Crippen LogP contribution in [0.5, 0.6) is 0 Å². The maximum absolute atomic E-state index is 10.5. The van der Waals surface area contributed by atoms with E-state index in [1.807, 2.05) is 19.9 Å². The van der Waals surface area contributed by atoms with Gasteiger partial charge in [-0.05, 0) is 0 Å². The third-order valence-corrected chi connectivity index (χ3v) is 2.72. The quantitative estimate of drug-likeness (QED) is 0.244. The number of hydrogen-bond acceptors (Lipinski definition) is 8. The summed E-state index contributed by atoms with van der Waals surface area (Å²) in [5, 5.41) is 18.4. The van der Waals surface area contributed by atoms with Crippen molar-refractivity contribution in [3.63, 3.8) is 0 Å². The van der Waals surface area contributed by atoms with E-state index in [9.17, 15) is 33.9 Å². The Balaban J connectivity index is 0.000000223. The zero-order valence-corrected chi connectivity index (χ0v) is 14.3. The van der Waals surface area contributed by atoms with Crippen LogP contribution in [0.4, 0.5) is 5.69 Å². The highest BCUT2D eigenvalue weighted by Gasteiger charge is 2.03. The Kier molecular flexibility index (Phi) is 8.00. The summed E-state index contributed by atoms with van der Waals surface area (Å²) in [5.74, 6) is -2.93. The number of aromatic nitrogens is 5. The normalized spacial score (nSPS) is 9.24. The van der Waals surface area contributed by atoms with E-state index in [0.717, 1.165) is 17.8 Å². The van der Waals surface area contributed by atoms with Crippen LogP contribution in [0.15, 0.2) is 55.8 Å². The SMILES string of the molecule is Nc1cc[nH+]cc1.O=C(O)c1cc(=O)[nH]c(=O)[nH]1.O=C([O-])c1cc(=O)[nH]c(=O)[nH]1. The lowest BCUT2D eigenvalue weighted by molar-refractivity contribution is -0.377. The predicted octanol–water partition coefficient (Wildman–Crippen LogP) is -3.73. The van der Waals surface area contributed by atoms with Crippen molar-refractivity contribution in [2.45, 2.75) is 0 Å². The lowest BCUT2D eigenvalue weighted by Gasteiger charge is -1.97. The van der Waals surface area contributed by atoms with Gasteiger partial charge in [-0.1, -0.05) is 0 Å². The molecule has 3 heterocycles. The molecule has 0 aliphatic rings. The maximum Gasteiger partial charge on any atom is 0.352 e. The number of pyridine rings is 1. The van der Waals surface area contributed by atoms with Crippen LogP contribution in [-0.2, 0) is 0 Å². The molecule has 0 aliphatic carbocycles. The minimum absolute atomic E-state index is 0.418. The summed E-state index contributed by atoms with van der Waals surface area (Å²) in [6.07, 6.45) is 3.57. The van der Waals surface area contributed by atoms with Gasteiger partial charge in [0.1, 0.15) is 5.69 Å². The molecule has 3 aromatic heterocycles. The average Bonchev–Trinajstić information content (AvgIpc) is 2.62. The number of rotatable bonds is 2. The summed E-state index contributed by atoms with van der Waals surface area (Å²) in [6, 6.07) is 5.14. The Morgan fingerprint density at radius 1 is 0.862 bits per heavy atom. The zero-order valence-electron chi connectivity index (χ0n) is 14.3. The Morgan fingerprint density at radius 2 is 1.31 bits per heavy atom. The van der Waals surface area contributed by atoms with E-state index in [2.05, 4.69) is 4.98 Å². The fraction of sp³-hybridized carbons (Fsp3) is 0. The van der Waals surface area contributed by atoms with Crippen LogP contribution in [-0.4, -0.2) is 37.0 Å². The molecule has 0 unspecified atom stereocenters. The lowest BCUT2D eigenvalue weighted by Crippen LogP contribution is -2.31. The number of aromatic amines is 5. The van der Waals surface area contributed by atoms with Crippen molar-refractivity contribution in [3.8, 4) is 0 Å². The highest BCUT2D eigenvalue weighted by atomic mass is 16.4. The van der Waals surface area contributed by atoms with Crippen molar-refractivity contribution in [1.29, 1.82) is 0 Å². The number of anilines is 1. The minimum atomic E-state index is -1.59. The van der Waals surface area contributed by atoms with Crippen molar-refractivity contribution < 1.29 is 24.8 Å². The molecule has 14 heteroatoms. The fourth-order valence-corrected chi connectivity index (χ4v) is 1.56. The lowest BCUT2D eigenvalue weighted by atomic mass is 10.4. The number of hydrogen-bond donors (Lipinski definition) is 6. The number of nitrogens with two attached hydrogens (primary N) is 1. The second-order valence-corrected chi connectivity index (χ2v) is 4.93. The first kappa shape index (κ1) is 22.3. The molecule has 0 saturated carbocycles. The molecule has 3 aromatic rings. The van der Waals surface area contributed by atoms with Crippen molar-refractivity contribution >= 4 is 17.6 Å². The molecule has 0 fully saturated rings. The molecule has 29 heavy (non-hydrogen) atoms. The van der Waals surface area contributed by atoms with Crippen LogP contribution in [0.3, 0.4) is 0 Å². The van der Waals surface area contributed by atoms with E-state index < -0.39 is 45.8 Å². The van der Waals surface area contributed by atoms with Crippen molar-refractivity contribution in [2.75, 3.05) is 5.73 Å². The number of aromatic carboxylic acids is 2. The highest BCUT2D eigenvalue weighted by molar-refractivity contribution is 5.84. The molecule has 0 atom stereocenters. The second kappa shape index (κ2) is 10.4. The molecule has 0 bridgehead atoms. The van der Waals surface area contributed by atoms with Crippen LogP contribution in [0.2, 0.25) is 0 Å². The van der Waals surface area contributed by atoms with Crippen LogP contribution < -0.4 is 38.3 Å². The Bertz CT molecular complexity index is 1070. The molecular formula is C15H14N6O8. The van der Waals surface area contributed by atoms with Gasteiger partial charge in [0, 0.05) is 30.0 Å². The van der Waals surface area contributed by atoms with Crippen molar-refractivity contribution in [1.82, 2.24) is 19.9 Å². The Labute approximate surface area is 158 Å². The van der Waals surface area contributed by atoms with Crippen LogP contribution >= 0.6 is 0 Å². The Hall–Kier alpha value is -4.75. The molecule has 152 valence electrons. The Morgan fingerprint density at radius 3 is 1.66 bits per heavy atom. The van der Waals surface area contributed by atoms with E-state index in [0.29, 0.717) is 0 Å². The summed E-state index contributed by atoms with van der Waals surface area (Å²) < 4.78 is 0. The summed E-state index contributed by atoms with van der Waals surface area (Å²) in [6.45, 7) is 0. The number of carbonyl (C=O) groups excluding carboxylic acids is 1. The number of nitrogen functional groups attached to an aromatic ring is 1. The van der Waals surface area contributed by atoms with E-state index in [4.69, 9.17) is 10.8 Å². The zero-order chi connectivity index (χ0) is 22.0. The molecule has 0 aliphatic heterocycles. The van der Waals surface area contributed by atoms with Gasteiger partial charge in [0.2, 0.25) is 0 Å². The summed E-state index contributed by atoms with van der Waals surface area (Å²) in [5.41, 5.74) is 1.99. The molecule has 0 aromatic carbocycles. The minimum Gasteiger partial charge on any atom is -0.543 e. The topological polar surface area (TPSA) is 249 Å². The number of H-pyrrole nitrogens is 5. The van der Waals surface area contributed by atoms with E-state index in [1.165, 1.54) is 0 Å². The van der Waals surface area contributed by atoms with Gasteiger partial charge in [0.15, 0.2) is 12.4 Å². The molecule has 3 rings (SSSR count). The van der Waals surface area contributed by atoms with Gasteiger partial charge >= 0.3 is 17.3 Å². The highest BCUT2D eigenvalue weighted by Crippen LogP contribution is 1.90. The van der Waals surface area contributed by atoms with Gasteiger partial charge in [-0.3, -0.25) is 19.6 Å². The predicted molar refractivity (Wildman–Crippen MR) is 94.1 cm³/mol. The first-order valence-electron chi connectivity index (χ1n) is 7.42. The summed E-state index contributed by atoms with van der Waals surface area (Å²) in [7, 11) is 0. The monoisotopic (exact) mass is 406 g/mol. The molecule has 0 saturated heterocycles.